The van der Waals surface area contributed by atoms with Gasteiger partial charge in [-0.05, 0) is 30.2 Å². The summed E-state index contributed by atoms with van der Waals surface area (Å²) in [7, 11) is -3.87. The lowest BCUT2D eigenvalue weighted by Crippen LogP contribution is -2.22. The van der Waals surface area contributed by atoms with E-state index in [9.17, 15) is 13.5 Å². The lowest BCUT2D eigenvalue weighted by molar-refractivity contribution is 0.0535. The van der Waals surface area contributed by atoms with Crippen LogP contribution in [-0.4, -0.2) is 19.6 Å². The summed E-state index contributed by atoms with van der Waals surface area (Å²) in [6.07, 6.45) is -1.29. The topological polar surface area (TPSA) is 63.6 Å². The van der Waals surface area contributed by atoms with Crippen LogP contribution in [-0.2, 0) is 20.7 Å². The van der Waals surface area contributed by atoms with Gasteiger partial charge in [0.1, 0.15) is 12.2 Å². The Bertz CT molecular complexity index is 750. The number of rotatable bonds is 3. The van der Waals surface area contributed by atoms with Crippen LogP contribution in [0.25, 0.3) is 0 Å². The Labute approximate surface area is 124 Å². The van der Waals surface area contributed by atoms with E-state index < -0.39 is 22.3 Å². The minimum atomic E-state index is -3.87. The first-order valence-electron chi connectivity index (χ1n) is 6.73. The number of aryl methyl sites for hydroxylation is 1. The van der Waals surface area contributed by atoms with Crippen LogP contribution < -0.4 is 0 Å². The average molecular weight is 304 g/mol. The van der Waals surface area contributed by atoms with Crippen LogP contribution in [0.2, 0.25) is 0 Å². The van der Waals surface area contributed by atoms with Crippen LogP contribution in [0.3, 0.4) is 0 Å². The van der Waals surface area contributed by atoms with Gasteiger partial charge in [-0.1, -0.05) is 42.0 Å². The van der Waals surface area contributed by atoms with Crippen molar-refractivity contribution in [3.63, 3.8) is 0 Å². The average Bonchev–Trinajstić information content (AvgIpc) is 2.76. The molecular weight excluding hydrogens is 288 g/mol. The molecule has 1 aliphatic carbocycles. The third-order valence-electron chi connectivity index (χ3n) is 3.71. The van der Waals surface area contributed by atoms with Crippen molar-refractivity contribution in [2.75, 3.05) is 0 Å². The molecule has 0 saturated heterocycles. The fraction of sp³-hybridized carbons (Fsp3) is 0.250. The zero-order chi connectivity index (χ0) is 15.0. The molecule has 1 N–H and O–H groups in total. The summed E-state index contributed by atoms with van der Waals surface area (Å²) in [6, 6.07) is 13.8. The molecule has 3 rings (SSSR count). The summed E-state index contributed by atoms with van der Waals surface area (Å²) in [4.78, 5) is 0.108. The van der Waals surface area contributed by atoms with E-state index in [1.807, 2.05) is 25.1 Å². The van der Waals surface area contributed by atoms with Crippen LogP contribution >= 0.6 is 0 Å². The molecule has 0 heterocycles. The standard InChI is InChI=1S/C16H16O4S/c1-11-6-8-13(9-7-11)21(18,19)20-15-10-12-4-2-3-5-14(12)16(15)17/h2-9,15-17H,10H2,1H3/t15-,16+/m0/s1. The molecule has 4 nitrogen and oxygen atoms in total. The predicted octanol–water partition coefficient (Wildman–Crippen LogP) is 2.36. The first-order valence-corrected chi connectivity index (χ1v) is 8.14. The molecule has 2 aromatic rings. The summed E-state index contributed by atoms with van der Waals surface area (Å²) in [5, 5.41) is 10.2. The van der Waals surface area contributed by atoms with E-state index in [-0.39, 0.29) is 4.90 Å². The Kier molecular flexibility index (Phi) is 3.57. The number of hydrogen-bond donors (Lipinski definition) is 1. The molecule has 0 saturated carbocycles. The summed E-state index contributed by atoms with van der Waals surface area (Å²) < 4.78 is 29.8. The highest BCUT2D eigenvalue weighted by Crippen LogP contribution is 2.34. The Morgan fingerprint density at radius 3 is 2.43 bits per heavy atom. The summed E-state index contributed by atoms with van der Waals surface area (Å²) >= 11 is 0. The minimum absolute atomic E-state index is 0.108. The Hall–Kier alpha value is -1.69. The lowest BCUT2D eigenvalue weighted by atomic mass is 10.1. The van der Waals surface area contributed by atoms with Crippen LogP contribution in [0.15, 0.2) is 53.4 Å². The van der Waals surface area contributed by atoms with Crippen molar-refractivity contribution < 1.29 is 17.7 Å². The molecule has 1 aliphatic rings. The number of aliphatic hydroxyl groups excluding tert-OH is 1. The Morgan fingerprint density at radius 1 is 1.10 bits per heavy atom. The van der Waals surface area contributed by atoms with E-state index in [2.05, 4.69) is 0 Å². The van der Waals surface area contributed by atoms with Gasteiger partial charge in [0.15, 0.2) is 0 Å². The van der Waals surface area contributed by atoms with Gasteiger partial charge in [-0.25, -0.2) is 0 Å². The van der Waals surface area contributed by atoms with Crippen molar-refractivity contribution in [1.82, 2.24) is 0 Å². The fourth-order valence-corrected chi connectivity index (χ4v) is 3.63. The molecule has 0 bridgehead atoms. The molecule has 110 valence electrons. The van der Waals surface area contributed by atoms with Gasteiger partial charge in [0.05, 0.1) is 4.90 Å². The Morgan fingerprint density at radius 2 is 1.76 bits per heavy atom. The highest BCUT2D eigenvalue weighted by Gasteiger charge is 2.35. The first-order chi connectivity index (χ1) is 9.97. The smallest absolute Gasteiger partial charge is 0.297 e. The number of hydrogen-bond acceptors (Lipinski definition) is 4. The summed E-state index contributed by atoms with van der Waals surface area (Å²) in [5.74, 6) is 0. The largest absolute Gasteiger partial charge is 0.386 e. The van der Waals surface area contributed by atoms with Crippen LogP contribution in [0.5, 0.6) is 0 Å². The molecule has 0 fully saturated rings. The molecule has 0 radical (unpaired) electrons. The third kappa shape index (κ3) is 2.72. The van der Waals surface area contributed by atoms with E-state index in [4.69, 9.17) is 4.18 Å². The number of fused-ring (bicyclic) bond motifs is 1. The van der Waals surface area contributed by atoms with Crippen molar-refractivity contribution in [2.24, 2.45) is 0 Å². The quantitative estimate of drug-likeness (QED) is 0.884. The molecule has 0 aromatic heterocycles. The highest BCUT2D eigenvalue weighted by atomic mass is 32.2. The van der Waals surface area contributed by atoms with Crippen molar-refractivity contribution in [1.29, 1.82) is 0 Å². The van der Waals surface area contributed by atoms with Crippen LogP contribution in [0.1, 0.15) is 22.8 Å². The highest BCUT2D eigenvalue weighted by molar-refractivity contribution is 7.86. The maximum atomic E-state index is 12.3. The molecular formula is C16H16O4S. The van der Waals surface area contributed by atoms with Gasteiger partial charge in [0.2, 0.25) is 0 Å². The molecule has 0 unspecified atom stereocenters. The van der Waals surface area contributed by atoms with E-state index in [1.54, 1.807) is 18.2 Å². The monoisotopic (exact) mass is 304 g/mol. The second-order valence-electron chi connectivity index (χ2n) is 5.25. The number of benzene rings is 2. The molecule has 5 heteroatoms. The SMILES string of the molecule is Cc1ccc(S(=O)(=O)O[C@H]2Cc3ccccc3[C@H]2O)cc1. The van der Waals surface area contributed by atoms with Crippen molar-refractivity contribution in [3.8, 4) is 0 Å². The molecule has 0 spiro atoms. The van der Waals surface area contributed by atoms with Crippen molar-refractivity contribution >= 4 is 10.1 Å². The van der Waals surface area contributed by atoms with Gasteiger partial charge >= 0.3 is 0 Å². The second-order valence-corrected chi connectivity index (χ2v) is 6.82. The molecule has 0 aliphatic heterocycles. The van der Waals surface area contributed by atoms with E-state index in [0.29, 0.717) is 6.42 Å². The third-order valence-corrected chi connectivity index (χ3v) is 5.06. The molecule has 0 amide bonds. The zero-order valence-electron chi connectivity index (χ0n) is 11.6. The predicted molar refractivity (Wildman–Crippen MR) is 78.3 cm³/mol. The summed E-state index contributed by atoms with van der Waals surface area (Å²) in [6.45, 7) is 1.88. The van der Waals surface area contributed by atoms with Crippen molar-refractivity contribution in [3.05, 3.63) is 65.2 Å². The zero-order valence-corrected chi connectivity index (χ0v) is 12.4. The molecule has 2 aromatic carbocycles. The molecule has 21 heavy (non-hydrogen) atoms. The van der Waals surface area contributed by atoms with Crippen LogP contribution in [0.4, 0.5) is 0 Å². The lowest BCUT2D eigenvalue weighted by Gasteiger charge is -2.16. The van der Waals surface area contributed by atoms with E-state index in [1.165, 1.54) is 12.1 Å². The van der Waals surface area contributed by atoms with E-state index >= 15 is 0 Å². The fourth-order valence-electron chi connectivity index (χ4n) is 2.55. The Balaban J connectivity index is 1.83. The molecule has 2 atom stereocenters. The van der Waals surface area contributed by atoms with Gasteiger partial charge in [0.25, 0.3) is 10.1 Å². The van der Waals surface area contributed by atoms with Gasteiger partial charge < -0.3 is 5.11 Å². The van der Waals surface area contributed by atoms with Gasteiger partial charge in [-0.15, -0.1) is 0 Å². The van der Waals surface area contributed by atoms with E-state index in [0.717, 1.165) is 16.7 Å². The van der Waals surface area contributed by atoms with Gasteiger partial charge in [-0.3, -0.25) is 4.18 Å². The maximum Gasteiger partial charge on any atom is 0.297 e. The van der Waals surface area contributed by atoms with Gasteiger partial charge in [0, 0.05) is 6.42 Å². The first kappa shape index (κ1) is 14.3. The second kappa shape index (κ2) is 5.26. The van der Waals surface area contributed by atoms with Gasteiger partial charge in [-0.2, -0.15) is 8.42 Å². The maximum absolute atomic E-state index is 12.3. The normalized spacial score (nSPS) is 21.2. The number of aliphatic hydroxyl groups is 1. The van der Waals surface area contributed by atoms with Crippen molar-refractivity contribution in [2.45, 2.75) is 30.4 Å². The minimum Gasteiger partial charge on any atom is -0.386 e. The van der Waals surface area contributed by atoms with Crippen LogP contribution in [0, 0.1) is 6.92 Å². The summed E-state index contributed by atoms with van der Waals surface area (Å²) in [5.41, 5.74) is 2.64.